The summed E-state index contributed by atoms with van der Waals surface area (Å²) >= 11 is 5.91. The van der Waals surface area contributed by atoms with Crippen molar-refractivity contribution in [2.24, 2.45) is 0 Å². The van der Waals surface area contributed by atoms with Crippen LogP contribution in [0.5, 0.6) is 0 Å². The van der Waals surface area contributed by atoms with E-state index in [1.54, 1.807) is 24.4 Å². The van der Waals surface area contributed by atoms with Gasteiger partial charge >= 0.3 is 0 Å². The number of carbonyl (C=O) groups excluding carboxylic acids is 1. The number of hydrogen-bond acceptors (Lipinski definition) is 4. The number of pyridine rings is 1. The normalized spacial score (nSPS) is 10.4. The van der Waals surface area contributed by atoms with Gasteiger partial charge in [0.2, 0.25) is 0 Å². The van der Waals surface area contributed by atoms with Crippen molar-refractivity contribution in [3.05, 3.63) is 77.6 Å². The van der Waals surface area contributed by atoms with Crippen molar-refractivity contribution in [2.75, 3.05) is 28.6 Å². The van der Waals surface area contributed by atoms with E-state index in [4.69, 9.17) is 11.6 Å². The average Bonchev–Trinajstić information content (AvgIpc) is 2.72. The molecule has 0 aliphatic heterocycles. The molecule has 3 aromatic rings. The molecule has 0 fully saturated rings. The lowest BCUT2D eigenvalue weighted by atomic mass is 10.2. The van der Waals surface area contributed by atoms with Crippen LogP contribution in [0, 0.1) is 0 Å². The molecule has 0 aliphatic rings. The molecule has 1 heterocycles. The van der Waals surface area contributed by atoms with E-state index in [1.165, 1.54) is 0 Å². The molecule has 2 aromatic carbocycles. The Bertz CT molecular complexity index is 922. The number of hydrogen-bond donors (Lipinski definition) is 2. The third-order valence-electron chi connectivity index (χ3n) is 4.38. The first kappa shape index (κ1) is 19.7. The lowest BCUT2D eigenvalue weighted by molar-refractivity contribution is 0.102. The third kappa shape index (κ3) is 5.02. The highest BCUT2D eigenvalue weighted by Gasteiger charge is 2.09. The second kappa shape index (κ2) is 9.24. The molecule has 0 saturated carbocycles. The fraction of sp³-hybridized carbons (Fsp3) is 0.182. The fourth-order valence-electron chi connectivity index (χ4n) is 2.87. The summed E-state index contributed by atoms with van der Waals surface area (Å²) in [6, 6.07) is 18.7. The second-order valence-corrected chi connectivity index (χ2v) is 6.67. The summed E-state index contributed by atoms with van der Waals surface area (Å²) in [4.78, 5) is 19.0. The van der Waals surface area contributed by atoms with E-state index in [-0.39, 0.29) is 5.91 Å². The molecule has 144 valence electrons. The molecule has 0 aliphatic carbocycles. The van der Waals surface area contributed by atoms with Gasteiger partial charge < -0.3 is 15.5 Å². The summed E-state index contributed by atoms with van der Waals surface area (Å²) in [5, 5.41) is 6.81. The number of nitrogens with zero attached hydrogens (tertiary/aromatic N) is 2. The highest BCUT2D eigenvalue weighted by atomic mass is 35.5. The van der Waals surface area contributed by atoms with E-state index in [2.05, 4.69) is 34.4 Å². The van der Waals surface area contributed by atoms with Crippen LogP contribution in [0.1, 0.15) is 24.3 Å². The smallest absolute Gasteiger partial charge is 0.274 e. The summed E-state index contributed by atoms with van der Waals surface area (Å²) < 4.78 is 0. The highest BCUT2D eigenvalue weighted by Crippen LogP contribution is 2.21. The van der Waals surface area contributed by atoms with Gasteiger partial charge in [0.15, 0.2) is 0 Å². The van der Waals surface area contributed by atoms with E-state index >= 15 is 0 Å². The number of carbonyl (C=O) groups is 1. The number of aromatic nitrogens is 1. The predicted octanol–water partition coefficient (Wildman–Crippen LogP) is 5.58. The van der Waals surface area contributed by atoms with Crippen LogP contribution in [-0.2, 0) is 0 Å². The molecule has 0 atom stereocenters. The van der Waals surface area contributed by atoms with Crippen LogP contribution in [0.3, 0.4) is 0 Å². The SMILES string of the molecule is CCN(CC)c1ccc(NC(=O)c2cc(Nc3ccc(Cl)cc3)ccn2)cc1. The fourth-order valence-corrected chi connectivity index (χ4v) is 3.00. The maximum absolute atomic E-state index is 12.6. The molecular weight excluding hydrogens is 372 g/mol. The molecule has 0 spiro atoms. The predicted molar refractivity (Wildman–Crippen MR) is 117 cm³/mol. The summed E-state index contributed by atoms with van der Waals surface area (Å²) in [5.74, 6) is -0.254. The number of anilines is 4. The summed E-state index contributed by atoms with van der Waals surface area (Å²) in [5.41, 5.74) is 3.87. The first-order chi connectivity index (χ1) is 13.6. The van der Waals surface area contributed by atoms with Crippen molar-refractivity contribution in [1.82, 2.24) is 4.98 Å². The zero-order valence-corrected chi connectivity index (χ0v) is 16.7. The van der Waals surface area contributed by atoms with Crippen molar-refractivity contribution in [1.29, 1.82) is 0 Å². The van der Waals surface area contributed by atoms with Crippen molar-refractivity contribution >= 4 is 40.3 Å². The topological polar surface area (TPSA) is 57.3 Å². The Morgan fingerprint density at radius 2 is 1.57 bits per heavy atom. The maximum Gasteiger partial charge on any atom is 0.274 e. The third-order valence-corrected chi connectivity index (χ3v) is 4.63. The Kier molecular flexibility index (Phi) is 6.50. The van der Waals surface area contributed by atoms with Gasteiger partial charge in [-0.15, -0.1) is 0 Å². The second-order valence-electron chi connectivity index (χ2n) is 6.23. The first-order valence-corrected chi connectivity index (χ1v) is 9.62. The summed E-state index contributed by atoms with van der Waals surface area (Å²) in [6.07, 6.45) is 1.61. The Morgan fingerprint density at radius 1 is 0.929 bits per heavy atom. The maximum atomic E-state index is 12.6. The lowest BCUT2D eigenvalue weighted by Gasteiger charge is -2.21. The molecule has 3 rings (SSSR count). The first-order valence-electron chi connectivity index (χ1n) is 9.24. The van der Waals surface area contributed by atoms with Crippen LogP contribution < -0.4 is 15.5 Å². The molecule has 0 radical (unpaired) electrons. The van der Waals surface area contributed by atoms with Gasteiger partial charge in [-0.2, -0.15) is 0 Å². The number of nitrogens with one attached hydrogen (secondary N) is 2. The molecule has 0 unspecified atom stereocenters. The van der Waals surface area contributed by atoms with Crippen molar-refractivity contribution < 1.29 is 4.79 Å². The van der Waals surface area contributed by atoms with Crippen LogP contribution in [0.4, 0.5) is 22.7 Å². The monoisotopic (exact) mass is 394 g/mol. The van der Waals surface area contributed by atoms with E-state index in [9.17, 15) is 4.79 Å². The van der Waals surface area contributed by atoms with Gasteiger partial charge in [0.1, 0.15) is 5.69 Å². The number of amides is 1. The number of halogens is 1. The minimum atomic E-state index is -0.254. The van der Waals surface area contributed by atoms with Gasteiger partial charge in [0.25, 0.3) is 5.91 Å². The Hall–Kier alpha value is -3.05. The lowest BCUT2D eigenvalue weighted by Crippen LogP contribution is -2.21. The van der Waals surface area contributed by atoms with Crippen molar-refractivity contribution in [2.45, 2.75) is 13.8 Å². The summed E-state index contributed by atoms with van der Waals surface area (Å²) in [6.45, 7) is 6.13. The Balaban J connectivity index is 1.68. The molecule has 28 heavy (non-hydrogen) atoms. The largest absolute Gasteiger partial charge is 0.372 e. The quantitative estimate of drug-likeness (QED) is 0.549. The Labute approximate surface area is 170 Å². The van der Waals surface area contributed by atoms with Crippen LogP contribution in [0.25, 0.3) is 0 Å². The van der Waals surface area contributed by atoms with Crippen LogP contribution in [0.2, 0.25) is 5.02 Å². The molecule has 0 saturated heterocycles. The molecule has 1 amide bonds. The van der Waals surface area contributed by atoms with Crippen molar-refractivity contribution in [3.63, 3.8) is 0 Å². The van der Waals surface area contributed by atoms with Crippen LogP contribution in [-0.4, -0.2) is 24.0 Å². The van der Waals surface area contributed by atoms with Gasteiger partial charge in [-0.1, -0.05) is 11.6 Å². The Morgan fingerprint density at radius 3 is 2.21 bits per heavy atom. The number of rotatable bonds is 7. The standard InChI is InChI=1S/C22H23ClN4O/c1-3-27(4-2)20-11-9-18(10-12-20)26-22(28)21-15-19(13-14-24-21)25-17-7-5-16(23)6-8-17/h5-15H,3-4H2,1-2H3,(H,24,25)(H,26,28). The minimum absolute atomic E-state index is 0.254. The minimum Gasteiger partial charge on any atom is -0.372 e. The molecule has 1 aromatic heterocycles. The van der Waals surface area contributed by atoms with Crippen LogP contribution in [0.15, 0.2) is 66.9 Å². The number of benzene rings is 2. The molecule has 5 nitrogen and oxygen atoms in total. The van der Waals surface area contributed by atoms with Crippen molar-refractivity contribution in [3.8, 4) is 0 Å². The summed E-state index contributed by atoms with van der Waals surface area (Å²) in [7, 11) is 0. The van der Waals surface area contributed by atoms with E-state index in [1.807, 2.05) is 42.5 Å². The van der Waals surface area contributed by atoms with E-state index in [0.717, 1.165) is 35.8 Å². The molecular formula is C22H23ClN4O. The molecule has 6 heteroatoms. The highest BCUT2D eigenvalue weighted by molar-refractivity contribution is 6.30. The zero-order chi connectivity index (χ0) is 19.9. The van der Waals surface area contributed by atoms with Gasteiger partial charge in [-0.25, -0.2) is 0 Å². The zero-order valence-electron chi connectivity index (χ0n) is 15.9. The van der Waals surface area contributed by atoms with E-state index in [0.29, 0.717) is 10.7 Å². The molecule has 0 bridgehead atoms. The van der Waals surface area contributed by atoms with Gasteiger partial charge in [0.05, 0.1) is 0 Å². The van der Waals surface area contributed by atoms with Crippen LogP contribution >= 0.6 is 11.6 Å². The van der Waals surface area contributed by atoms with Gasteiger partial charge in [0, 0.05) is 47.1 Å². The molecule has 2 N–H and O–H groups in total. The van der Waals surface area contributed by atoms with E-state index < -0.39 is 0 Å². The van der Waals surface area contributed by atoms with Gasteiger partial charge in [-0.3, -0.25) is 9.78 Å². The average molecular weight is 395 g/mol. The van der Waals surface area contributed by atoms with Gasteiger partial charge in [-0.05, 0) is 74.5 Å².